The second-order valence-corrected chi connectivity index (χ2v) is 4.66. The maximum absolute atomic E-state index is 12.0. The number of amides is 1. The number of carbonyl (C=O) groups excluding carboxylic acids is 1. The topological polar surface area (TPSA) is 64.1 Å². The van der Waals surface area contributed by atoms with Crippen molar-refractivity contribution in [1.29, 1.82) is 0 Å². The molecule has 0 saturated carbocycles. The third-order valence-corrected chi connectivity index (χ3v) is 2.84. The number of nitrogens with zero attached hydrogens (tertiary/aromatic N) is 2. The molecule has 0 radical (unpaired) electrons. The number of rotatable bonds is 4. The van der Waals surface area contributed by atoms with E-state index in [1.165, 1.54) is 35.6 Å². The fourth-order valence-electron chi connectivity index (χ4n) is 1.30. The monoisotopic (exact) mass is 285 g/mol. The molecule has 0 fully saturated rings. The fraction of sp³-hybridized carbons (Fsp3) is 0.182. The molecule has 0 spiro atoms. The summed E-state index contributed by atoms with van der Waals surface area (Å²) in [6.07, 6.45) is 0. The lowest BCUT2D eigenvalue weighted by molar-refractivity contribution is -0.0498. The van der Waals surface area contributed by atoms with Crippen LogP contribution in [0, 0.1) is 6.92 Å². The Labute approximate surface area is 111 Å². The average molecular weight is 285 g/mol. The summed E-state index contributed by atoms with van der Waals surface area (Å²) in [5.41, 5.74) is 0.314. The number of aromatic nitrogens is 2. The summed E-state index contributed by atoms with van der Waals surface area (Å²) >= 11 is 1.24. The summed E-state index contributed by atoms with van der Waals surface area (Å²) in [5.74, 6) is -0.391. The SMILES string of the molecule is Cc1nnc(NC(=O)c2ccc(OC(F)F)cc2)s1. The summed E-state index contributed by atoms with van der Waals surface area (Å²) in [5, 5.41) is 11.2. The van der Waals surface area contributed by atoms with Crippen molar-refractivity contribution in [3.05, 3.63) is 34.8 Å². The van der Waals surface area contributed by atoms with Gasteiger partial charge in [0.25, 0.3) is 5.91 Å². The number of hydrogen-bond acceptors (Lipinski definition) is 5. The predicted octanol–water partition coefficient (Wildman–Crippen LogP) is 2.70. The molecule has 0 saturated heterocycles. The first-order valence-electron chi connectivity index (χ1n) is 5.21. The van der Waals surface area contributed by atoms with Crippen molar-refractivity contribution >= 4 is 22.4 Å². The van der Waals surface area contributed by atoms with Crippen LogP contribution in [0.25, 0.3) is 0 Å². The molecular formula is C11H9F2N3O2S. The number of halogens is 2. The highest BCUT2D eigenvalue weighted by Gasteiger charge is 2.10. The van der Waals surface area contributed by atoms with Crippen LogP contribution >= 0.6 is 11.3 Å². The Hall–Kier alpha value is -2.09. The molecule has 0 bridgehead atoms. The maximum atomic E-state index is 12.0. The van der Waals surface area contributed by atoms with E-state index < -0.39 is 6.61 Å². The van der Waals surface area contributed by atoms with Crippen molar-refractivity contribution in [1.82, 2.24) is 10.2 Å². The number of carbonyl (C=O) groups is 1. The van der Waals surface area contributed by atoms with E-state index in [1.54, 1.807) is 6.92 Å². The van der Waals surface area contributed by atoms with Crippen molar-refractivity contribution in [3.8, 4) is 5.75 Å². The third-order valence-electron chi connectivity index (χ3n) is 2.09. The first-order valence-corrected chi connectivity index (χ1v) is 6.02. The molecule has 0 aliphatic carbocycles. The zero-order valence-corrected chi connectivity index (χ0v) is 10.6. The van der Waals surface area contributed by atoms with E-state index in [2.05, 4.69) is 20.3 Å². The molecule has 1 amide bonds. The lowest BCUT2D eigenvalue weighted by Crippen LogP contribution is -2.11. The van der Waals surface area contributed by atoms with Gasteiger partial charge in [-0.2, -0.15) is 8.78 Å². The Morgan fingerprint density at radius 3 is 2.53 bits per heavy atom. The van der Waals surface area contributed by atoms with Crippen LogP contribution in [0.3, 0.4) is 0 Å². The van der Waals surface area contributed by atoms with Crippen LogP contribution < -0.4 is 10.1 Å². The number of aryl methyl sites for hydroxylation is 1. The van der Waals surface area contributed by atoms with Crippen LogP contribution in [-0.2, 0) is 0 Å². The lowest BCUT2D eigenvalue weighted by atomic mass is 10.2. The number of alkyl halides is 2. The van der Waals surface area contributed by atoms with Gasteiger partial charge < -0.3 is 4.74 Å². The van der Waals surface area contributed by atoms with E-state index in [-0.39, 0.29) is 11.7 Å². The Kier molecular flexibility index (Phi) is 4.00. The highest BCUT2D eigenvalue weighted by Crippen LogP contribution is 2.17. The van der Waals surface area contributed by atoms with E-state index in [1.807, 2.05) is 0 Å². The van der Waals surface area contributed by atoms with Gasteiger partial charge in [-0.3, -0.25) is 10.1 Å². The number of ether oxygens (including phenoxy) is 1. The van der Waals surface area contributed by atoms with Gasteiger partial charge in [-0.1, -0.05) is 11.3 Å². The molecular weight excluding hydrogens is 276 g/mol. The molecule has 5 nitrogen and oxygen atoms in total. The van der Waals surface area contributed by atoms with Crippen LogP contribution in [-0.4, -0.2) is 22.7 Å². The van der Waals surface area contributed by atoms with E-state index >= 15 is 0 Å². The largest absolute Gasteiger partial charge is 0.435 e. The van der Waals surface area contributed by atoms with Gasteiger partial charge in [-0.25, -0.2) is 0 Å². The Morgan fingerprint density at radius 2 is 2.00 bits per heavy atom. The number of benzene rings is 1. The van der Waals surface area contributed by atoms with Crippen molar-refractivity contribution in [2.75, 3.05) is 5.32 Å². The number of hydrogen-bond donors (Lipinski definition) is 1. The smallest absolute Gasteiger partial charge is 0.387 e. The van der Waals surface area contributed by atoms with Crippen LogP contribution in [0.1, 0.15) is 15.4 Å². The molecule has 2 rings (SSSR count). The first kappa shape index (κ1) is 13.3. The molecule has 1 heterocycles. The zero-order valence-electron chi connectivity index (χ0n) is 9.76. The van der Waals surface area contributed by atoms with Gasteiger partial charge in [0.2, 0.25) is 5.13 Å². The highest BCUT2D eigenvalue weighted by molar-refractivity contribution is 7.15. The van der Waals surface area contributed by atoms with Gasteiger partial charge in [-0.15, -0.1) is 10.2 Å². The highest BCUT2D eigenvalue weighted by atomic mass is 32.1. The van der Waals surface area contributed by atoms with Gasteiger partial charge in [0, 0.05) is 5.56 Å². The van der Waals surface area contributed by atoms with E-state index in [0.717, 1.165) is 5.01 Å². The molecule has 0 aliphatic heterocycles. The van der Waals surface area contributed by atoms with Crippen LogP contribution in [0.15, 0.2) is 24.3 Å². The minimum Gasteiger partial charge on any atom is -0.435 e. The number of anilines is 1. The summed E-state index contributed by atoms with van der Waals surface area (Å²) < 4.78 is 28.1. The van der Waals surface area contributed by atoms with Gasteiger partial charge in [-0.05, 0) is 31.2 Å². The molecule has 8 heteroatoms. The van der Waals surface area contributed by atoms with Gasteiger partial charge in [0.1, 0.15) is 10.8 Å². The molecule has 100 valence electrons. The van der Waals surface area contributed by atoms with E-state index in [0.29, 0.717) is 10.7 Å². The fourth-order valence-corrected chi connectivity index (χ4v) is 1.89. The molecule has 0 aliphatic rings. The first-order chi connectivity index (χ1) is 9.04. The van der Waals surface area contributed by atoms with Crippen molar-refractivity contribution in [3.63, 3.8) is 0 Å². The standard InChI is InChI=1S/C11H9F2N3O2S/c1-6-15-16-11(19-6)14-9(17)7-2-4-8(5-3-7)18-10(12)13/h2-5,10H,1H3,(H,14,16,17). The van der Waals surface area contributed by atoms with Gasteiger partial charge in [0.05, 0.1) is 0 Å². The molecule has 2 aromatic rings. The normalized spacial score (nSPS) is 10.5. The van der Waals surface area contributed by atoms with Crippen LogP contribution in [0.5, 0.6) is 5.75 Å². The van der Waals surface area contributed by atoms with E-state index in [9.17, 15) is 13.6 Å². The Balaban J connectivity index is 2.03. The predicted molar refractivity (Wildman–Crippen MR) is 65.7 cm³/mol. The minimum atomic E-state index is -2.89. The molecule has 1 aromatic heterocycles. The van der Waals surface area contributed by atoms with Gasteiger partial charge in [0.15, 0.2) is 0 Å². The summed E-state index contributed by atoms with van der Waals surface area (Å²) in [6, 6.07) is 5.38. The molecule has 1 aromatic carbocycles. The van der Waals surface area contributed by atoms with Crippen LogP contribution in [0.2, 0.25) is 0 Å². The Morgan fingerprint density at radius 1 is 1.32 bits per heavy atom. The zero-order chi connectivity index (χ0) is 13.8. The lowest BCUT2D eigenvalue weighted by Gasteiger charge is -2.05. The van der Waals surface area contributed by atoms with Crippen molar-refractivity contribution < 1.29 is 18.3 Å². The second kappa shape index (κ2) is 5.70. The average Bonchev–Trinajstić information content (AvgIpc) is 2.75. The molecule has 19 heavy (non-hydrogen) atoms. The van der Waals surface area contributed by atoms with Gasteiger partial charge >= 0.3 is 6.61 Å². The van der Waals surface area contributed by atoms with Crippen molar-refractivity contribution in [2.45, 2.75) is 13.5 Å². The summed E-state index contributed by atoms with van der Waals surface area (Å²) in [4.78, 5) is 11.8. The van der Waals surface area contributed by atoms with E-state index in [4.69, 9.17) is 0 Å². The maximum Gasteiger partial charge on any atom is 0.387 e. The quantitative estimate of drug-likeness (QED) is 0.938. The molecule has 0 atom stereocenters. The van der Waals surface area contributed by atoms with Crippen molar-refractivity contribution in [2.24, 2.45) is 0 Å². The molecule has 0 unspecified atom stereocenters. The number of nitrogens with one attached hydrogen (secondary N) is 1. The summed E-state index contributed by atoms with van der Waals surface area (Å²) in [6.45, 7) is -1.12. The molecule has 1 N–H and O–H groups in total. The van der Waals surface area contributed by atoms with Crippen LogP contribution in [0.4, 0.5) is 13.9 Å². The Bertz CT molecular complexity index is 572. The summed E-state index contributed by atoms with van der Waals surface area (Å²) in [7, 11) is 0. The third kappa shape index (κ3) is 3.68. The second-order valence-electron chi connectivity index (χ2n) is 3.48. The minimum absolute atomic E-state index is 0.00157.